The van der Waals surface area contributed by atoms with Crippen LogP contribution < -0.4 is 5.32 Å². The molecule has 1 N–H and O–H groups in total. The number of hydrogen-bond acceptors (Lipinski definition) is 5. The van der Waals surface area contributed by atoms with Crippen molar-refractivity contribution in [1.29, 1.82) is 0 Å². The molecule has 3 aromatic rings. The molecule has 7 heteroatoms. The molecule has 0 amide bonds. The molecule has 126 valence electrons. The van der Waals surface area contributed by atoms with Crippen LogP contribution in [0.3, 0.4) is 0 Å². The highest BCUT2D eigenvalue weighted by Crippen LogP contribution is 2.14. The van der Waals surface area contributed by atoms with Gasteiger partial charge >= 0.3 is 0 Å². The second-order valence-corrected chi connectivity index (χ2v) is 6.54. The molecule has 0 spiro atoms. The van der Waals surface area contributed by atoms with Crippen LogP contribution in [0.15, 0.2) is 12.3 Å². The van der Waals surface area contributed by atoms with E-state index < -0.39 is 0 Å². The molecule has 0 saturated carbocycles. The number of nitrogens with one attached hydrogen (secondary N) is 1. The molecule has 0 aromatic carbocycles. The number of imidazole rings is 1. The van der Waals surface area contributed by atoms with Crippen LogP contribution in [0.2, 0.25) is 0 Å². The Hall–Kier alpha value is -2.28. The summed E-state index contributed by atoms with van der Waals surface area (Å²) < 4.78 is 4.10. The van der Waals surface area contributed by atoms with Crippen molar-refractivity contribution in [3.05, 3.63) is 41.0 Å². The van der Waals surface area contributed by atoms with Crippen molar-refractivity contribution in [2.45, 2.75) is 59.2 Å². The van der Waals surface area contributed by atoms with Crippen molar-refractivity contribution in [2.24, 2.45) is 0 Å². The highest BCUT2D eigenvalue weighted by atomic mass is 15.4. The van der Waals surface area contributed by atoms with E-state index in [-0.39, 0.29) is 0 Å². The maximum atomic E-state index is 4.64. The zero-order valence-electron chi connectivity index (χ0n) is 14.5. The highest BCUT2D eigenvalue weighted by Gasteiger charge is 2.21. The van der Waals surface area contributed by atoms with Gasteiger partial charge in [0.1, 0.15) is 5.82 Å². The highest BCUT2D eigenvalue weighted by molar-refractivity contribution is 5.34. The summed E-state index contributed by atoms with van der Waals surface area (Å²) >= 11 is 0. The predicted octanol–water partition coefficient (Wildman–Crippen LogP) is 1.60. The van der Waals surface area contributed by atoms with Gasteiger partial charge in [0.05, 0.1) is 12.2 Å². The van der Waals surface area contributed by atoms with Gasteiger partial charge in [-0.1, -0.05) is 6.92 Å². The molecule has 0 unspecified atom stereocenters. The van der Waals surface area contributed by atoms with Crippen molar-refractivity contribution in [2.75, 3.05) is 0 Å². The molecule has 0 aliphatic carbocycles. The van der Waals surface area contributed by atoms with Crippen LogP contribution in [0, 0.1) is 13.8 Å². The van der Waals surface area contributed by atoms with Crippen LogP contribution in [0.1, 0.15) is 42.1 Å². The third kappa shape index (κ3) is 2.80. The van der Waals surface area contributed by atoms with E-state index in [1.807, 2.05) is 11.3 Å². The molecule has 1 atom stereocenters. The number of nitrogens with zero attached hydrogens (tertiary/aromatic N) is 6. The SMILES string of the molecule is CCc1nc2n(n1)C[C@@H](NCc1cn3c(C)cc(C)nc3n1)CC2. The minimum atomic E-state index is 0.407. The van der Waals surface area contributed by atoms with E-state index in [9.17, 15) is 0 Å². The maximum absolute atomic E-state index is 4.64. The zero-order valence-corrected chi connectivity index (χ0v) is 14.5. The van der Waals surface area contributed by atoms with Gasteiger partial charge in [0.2, 0.25) is 5.78 Å². The number of hydrogen-bond donors (Lipinski definition) is 1. The summed E-state index contributed by atoms with van der Waals surface area (Å²) in [7, 11) is 0. The zero-order chi connectivity index (χ0) is 16.7. The first kappa shape index (κ1) is 15.3. The topological polar surface area (TPSA) is 72.9 Å². The van der Waals surface area contributed by atoms with E-state index in [4.69, 9.17) is 0 Å². The van der Waals surface area contributed by atoms with Crippen LogP contribution in [0.25, 0.3) is 5.78 Å². The van der Waals surface area contributed by atoms with Gasteiger partial charge in [0.15, 0.2) is 5.82 Å². The number of fused-ring (bicyclic) bond motifs is 2. The number of rotatable bonds is 4. The molecule has 1 aliphatic heterocycles. The summed E-state index contributed by atoms with van der Waals surface area (Å²) in [6, 6.07) is 2.48. The molecule has 1 aliphatic rings. The van der Waals surface area contributed by atoms with E-state index in [0.717, 1.165) is 66.9 Å². The summed E-state index contributed by atoms with van der Waals surface area (Å²) in [6.07, 6.45) is 5.04. The van der Waals surface area contributed by atoms with Gasteiger partial charge in [0, 0.05) is 43.0 Å². The van der Waals surface area contributed by atoms with Crippen LogP contribution in [-0.2, 0) is 25.9 Å². The van der Waals surface area contributed by atoms with Crippen LogP contribution in [0.4, 0.5) is 0 Å². The Labute approximate surface area is 141 Å². The van der Waals surface area contributed by atoms with Crippen molar-refractivity contribution < 1.29 is 0 Å². The molecular formula is C17H23N7. The smallest absolute Gasteiger partial charge is 0.234 e. The molecule has 4 rings (SSSR count). The Balaban J connectivity index is 1.45. The lowest BCUT2D eigenvalue weighted by Crippen LogP contribution is -2.37. The van der Waals surface area contributed by atoms with Crippen molar-refractivity contribution in [1.82, 2.24) is 34.4 Å². The van der Waals surface area contributed by atoms with Gasteiger partial charge in [-0.3, -0.25) is 4.40 Å². The lowest BCUT2D eigenvalue weighted by atomic mass is 10.1. The minimum absolute atomic E-state index is 0.407. The molecule has 0 bridgehead atoms. The van der Waals surface area contributed by atoms with Crippen LogP contribution in [0.5, 0.6) is 0 Å². The third-order valence-corrected chi connectivity index (χ3v) is 4.60. The molecule has 4 heterocycles. The summed E-state index contributed by atoms with van der Waals surface area (Å²) in [5.74, 6) is 2.84. The minimum Gasteiger partial charge on any atom is -0.306 e. The van der Waals surface area contributed by atoms with E-state index in [2.05, 4.69) is 56.2 Å². The molecule has 24 heavy (non-hydrogen) atoms. The van der Waals surface area contributed by atoms with Crippen LogP contribution >= 0.6 is 0 Å². The Morgan fingerprint density at radius 2 is 2.12 bits per heavy atom. The van der Waals surface area contributed by atoms with Crippen LogP contribution in [-0.4, -0.2) is 35.2 Å². The van der Waals surface area contributed by atoms with Gasteiger partial charge in [0.25, 0.3) is 0 Å². The Kier molecular flexibility index (Phi) is 3.80. The predicted molar refractivity (Wildman–Crippen MR) is 90.8 cm³/mol. The van der Waals surface area contributed by atoms with Gasteiger partial charge < -0.3 is 5.32 Å². The second-order valence-electron chi connectivity index (χ2n) is 6.54. The maximum Gasteiger partial charge on any atom is 0.234 e. The fraction of sp³-hybridized carbons (Fsp3) is 0.529. The largest absolute Gasteiger partial charge is 0.306 e. The van der Waals surface area contributed by atoms with E-state index in [0.29, 0.717) is 6.04 Å². The molecule has 7 nitrogen and oxygen atoms in total. The van der Waals surface area contributed by atoms with Crippen molar-refractivity contribution >= 4 is 5.78 Å². The average molecular weight is 325 g/mol. The number of aromatic nitrogens is 6. The Morgan fingerprint density at radius 3 is 2.96 bits per heavy atom. The molecule has 3 aromatic heterocycles. The van der Waals surface area contributed by atoms with Crippen molar-refractivity contribution in [3.63, 3.8) is 0 Å². The summed E-state index contributed by atoms with van der Waals surface area (Å²) in [5.41, 5.74) is 3.19. The van der Waals surface area contributed by atoms with Gasteiger partial charge in [-0.2, -0.15) is 5.10 Å². The van der Waals surface area contributed by atoms with Gasteiger partial charge in [-0.15, -0.1) is 0 Å². The lowest BCUT2D eigenvalue weighted by Gasteiger charge is -2.23. The lowest BCUT2D eigenvalue weighted by molar-refractivity contribution is 0.356. The molecule has 0 fully saturated rings. The monoisotopic (exact) mass is 325 g/mol. The fourth-order valence-corrected chi connectivity index (χ4v) is 3.33. The Bertz CT molecular complexity index is 877. The molecule has 0 saturated heterocycles. The summed E-state index contributed by atoms with van der Waals surface area (Å²) in [4.78, 5) is 13.7. The Morgan fingerprint density at radius 1 is 1.25 bits per heavy atom. The summed E-state index contributed by atoms with van der Waals surface area (Å²) in [6.45, 7) is 7.81. The molecular weight excluding hydrogens is 302 g/mol. The van der Waals surface area contributed by atoms with Gasteiger partial charge in [-0.25, -0.2) is 19.6 Å². The second kappa shape index (κ2) is 5.98. The van der Waals surface area contributed by atoms with Crippen molar-refractivity contribution in [3.8, 4) is 0 Å². The third-order valence-electron chi connectivity index (χ3n) is 4.60. The average Bonchev–Trinajstić information content (AvgIpc) is 3.15. The van der Waals surface area contributed by atoms with Gasteiger partial charge in [-0.05, 0) is 26.3 Å². The van der Waals surface area contributed by atoms with E-state index >= 15 is 0 Å². The first-order valence-electron chi connectivity index (χ1n) is 8.60. The van der Waals surface area contributed by atoms with E-state index in [1.165, 1.54) is 0 Å². The normalized spacial score (nSPS) is 17.4. The standard InChI is InChI=1S/C17H23N7/c1-4-15-21-16-6-5-13(10-24(16)22-15)18-8-14-9-23-12(3)7-11(2)19-17(23)20-14/h7,9,13,18H,4-6,8,10H2,1-3H3/t13-/m0/s1. The first-order valence-corrected chi connectivity index (χ1v) is 8.60. The molecule has 0 radical (unpaired) electrons. The quantitative estimate of drug-likeness (QED) is 0.789. The fourth-order valence-electron chi connectivity index (χ4n) is 3.33. The number of aryl methyl sites for hydroxylation is 4. The first-order chi connectivity index (χ1) is 11.6. The van der Waals surface area contributed by atoms with E-state index in [1.54, 1.807) is 0 Å². The summed E-state index contributed by atoms with van der Waals surface area (Å²) in [5, 5.41) is 8.18.